The molecule has 0 heteroatoms. The molecule has 0 aliphatic heterocycles. The van der Waals surface area contributed by atoms with Gasteiger partial charge in [0, 0.05) is 0 Å². The first-order valence-corrected chi connectivity index (χ1v) is 18.3. The van der Waals surface area contributed by atoms with Crippen LogP contribution in [0.5, 0.6) is 0 Å². The Hall–Kier alpha value is -6.76. The van der Waals surface area contributed by atoms with E-state index in [1.54, 1.807) is 0 Å². The van der Waals surface area contributed by atoms with Crippen LogP contribution in [0.1, 0.15) is 12.5 Å². The van der Waals surface area contributed by atoms with Crippen molar-refractivity contribution in [1.82, 2.24) is 0 Å². The van der Waals surface area contributed by atoms with E-state index in [4.69, 9.17) is 0 Å². The van der Waals surface area contributed by atoms with Crippen molar-refractivity contribution in [2.75, 3.05) is 0 Å². The van der Waals surface area contributed by atoms with E-state index in [9.17, 15) is 0 Å². The first-order valence-electron chi connectivity index (χ1n) is 18.3. The summed E-state index contributed by atoms with van der Waals surface area (Å²) in [6, 6.07) is 64.4. The summed E-state index contributed by atoms with van der Waals surface area (Å²) >= 11 is 0. The Balaban J connectivity index is 1.38. The molecule has 0 fully saturated rings. The molecule has 0 nitrogen and oxygen atoms in total. The summed E-state index contributed by atoms with van der Waals surface area (Å²) in [7, 11) is 0. The number of fused-ring (bicyclic) bond motifs is 4. The fourth-order valence-electron chi connectivity index (χ4n) is 8.30. The second-order valence-electron chi connectivity index (χ2n) is 13.6. The number of hydrogen-bond acceptors (Lipinski definition) is 0. The lowest BCUT2D eigenvalue weighted by molar-refractivity contribution is 1.63. The number of allylic oxidation sites excluding steroid dienone is 5. The molecule has 0 spiro atoms. The molecule has 0 saturated heterocycles. The van der Waals surface area contributed by atoms with E-state index in [1.165, 1.54) is 93.2 Å². The summed E-state index contributed by atoms with van der Waals surface area (Å²) in [4.78, 5) is 0. The van der Waals surface area contributed by atoms with Crippen LogP contribution in [0, 0.1) is 0 Å². The largest absolute Gasteiger partial charge is 0.0990 e. The summed E-state index contributed by atoms with van der Waals surface area (Å²) in [6.07, 6.45) is 8.33. The van der Waals surface area contributed by atoms with Gasteiger partial charge in [-0.2, -0.15) is 0 Å². The molecule has 0 saturated carbocycles. The van der Waals surface area contributed by atoms with Gasteiger partial charge >= 0.3 is 0 Å². The number of rotatable bonds is 7. The van der Waals surface area contributed by atoms with Crippen LogP contribution < -0.4 is 0 Å². The van der Waals surface area contributed by atoms with Crippen LogP contribution in [0.25, 0.3) is 93.2 Å². The monoisotopic (exact) mass is 674 g/mol. The molecular weight excluding hydrogens is 637 g/mol. The normalized spacial score (nSPS) is 12.0. The van der Waals surface area contributed by atoms with Gasteiger partial charge in [-0.25, -0.2) is 0 Å². The standard InChI is InChI=1S/C53H38/c1-3-18-36(19-4-2)50-42-26-14-16-28-44(42)52(38-22-10-6-11-23-38)48-34-40(30-32-46(48)50)41-31-33-47-49(35-41)53(39-24-12-7-13-25-39)45-29-17-15-27-43(45)51(47)37-20-8-5-9-21-37/h3-35H,1H2,2H3/b19-4-,36-18+. The molecular formula is C53H38. The van der Waals surface area contributed by atoms with E-state index < -0.39 is 0 Å². The molecule has 0 atom stereocenters. The second-order valence-corrected chi connectivity index (χ2v) is 13.6. The summed E-state index contributed by atoms with van der Waals surface area (Å²) in [5.41, 5.74) is 12.2. The SMILES string of the molecule is C=C/C=C(\C=C/C)c1c2ccccc2c(-c2ccccc2)c2cc(-c3ccc4c(-c5ccccc5)c5ccccc5c(-c5ccccc5)c4c3)ccc12. The molecule has 0 unspecified atom stereocenters. The Morgan fingerprint density at radius 3 is 1.21 bits per heavy atom. The maximum Gasteiger partial charge on any atom is -0.00262 e. The van der Waals surface area contributed by atoms with Gasteiger partial charge in [0.05, 0.1) is 0 Å². The topological polar surface area (TPSA) is 0 Å². The van der Waals surface area contributed by atoms with Crippen LogP contribution in [0.4, 0.5) is 0 Å². The quantitative estimate of drug-likeness (QED) is 0.117. The van der Waals surface area contributed by atoms with Crippen molar-refractivity contribution >= 4 is 48.7 Å². The summed E-state index contributed by atoms with van der Waals surface area (Å²) in [6.45, 7) is 6.15. The van der Waals surface area contributed by atoms with Crippen LogP contribution in [0.2, 0.25) is 0 Å². The third-order valence-electron chi connectivity index (χ3n) is 10.5. The number of hydrogen-bond donors (Lipinski definition) is 0. The van der Waals surface area contributed by atoms with Crippen molar-refractivity contribution < 1.29 is 0 Å². The Labute approximate surface area is 311 Å². The van der Waals surface area contributed by atoms with Gasteiger partial charge < -0.3 is 0 Å². The van der Waals surface area contributed by atoms with Crippen molar-refractivity contribution in [3.63, 3.8) is 0 Å². The predicted octanol–water partition coefficient (Wildman–Crippen LogP) is 15.1. The highest BCUT2D eigenvalue weighted by Gasteiger charge is 2.20. The molecule has 0 aliphatic carbocycles. The van der Waals surface area contributed by atoms with Crippen LogP contribution in [-0.4, -0.2) is 0 Å². The summed E-state index contributed by atoms with van der Waals surface area (Å²) in [5.74, 6) is 0. The van der Waals surface area contributed by atoms with E-state index in [-0.39, 0.29) is 0 Å². The highest BCUT2D eigenvalue weighted by atomic mass is 14.2. The third-order valence-corrected chi connectivity index (χ3v) is 10.5. The lowest BCUT2D eigenvalue weighted by atomic mass is 9.83. The summed E-state index contributed by atoms with van der Waals surface area (Å²) < 4.78 is 0. The molecule has 0 N–H and O–H groups in total. The average Bonchev–Trinajstić information content (AvgIpc) is 3.22. The molecule has 0 aliphatic rings. The lowest BCUT2D eigenvalue weighted by Crippen LogP contribution is -1.94. The van der Waals surface area contributed by atoms with Gasteiger partial charge in [-0.3, -0.25) is 0 Å². The average molecular weight is 675 g/mol. The van der Waals surface area contributed by atoms with Gasteiger partial charge in [-0.1, -0.05) is 195 Å². The van der Waals surface area contributed by atoms with Gasteiger partial charge in [-0.15, -0.1) is 0 Å². The zero-order chi connectivity index (χ0) is 35.7. The van der Waals surface area contributed by atoms with Gasteiger partial charge in [0.25, 0.3) is 0 Å². The maximum absolute atomic E-state index is 4.08. The van der Waals surface area contributed by atoms with Gasteiger partial charge in [0.1, 0.15) is 0 Å². The molecule has 9 aromatic carbocycles. The van der Waals surface area contributed by atoms with E-state index in [0.717, 1.165) is 5.57 Å². The minimum atomic E-state index is 1.15. The van der Waals surface area contributed by atoms with Gasteiger partial charge in [0.15, 0.2) is 0 Å². The fourth-order valence-corrected chi connectivity index (χ4v) is 8.30. The van der Waals surface area contributed by atoms with Gasteiger partial charge in [-0.05, 0) is 118 Å². The minimum absolute atomic E-state index is 1.15. The molecule has 0 aromatic heterocycles. The molecule has 9 rings (SSSR count). The summed E-state index contributed by atoms with van der Waals surface area (Å²) in [5, 5.41) is 9.95. The zero-order valence-corrected chi connectivity index (χ0v) is 29.8. The second kappa shape index (κ2) is 13.8. The van der Waals surface area contributed by atoms with E-state index in [2.05, 4.69) is 208 Å². The van der Waals surface area contributed by atoms with Crippen molar-refractivity contribution in [3.05, 3.63) is 212 Å². The Kier molecular flexibility index (Phi) is 8.35. The van der Waals surface area contributed by atoms with E-state index in [0.29, 0.717) is 0 Å². The Bertz CT molecular complexity index is 2870. The van der Waals surface area contributed by atoms with Crippen LogP contribution in [0.15, 0.2) is 207 Å². The van der Waals surface area contributed by atoms with Crippen molar-refractivity contribution in [1.29, 1.82) is 0 Å². The first kappa shape index (κ1) is 32.2. The molecule has 0 bridgehead atoms. The molecule has 0 amide bonds. The molecule has 250 valence electrons. The van der Waals surface area contributed by atoms with E-state index in [1.807, 2.05) is 6.08 Å². The van der Waals surface area contributed by atoms with Crippen LogP contribution in [-0.2, 0) is 0 Å². The van der Waals surface area contributed by atoms with Crippen LogP contribution in [0.3, 0.4) is 0 Å². The minimum Gasteiger partial charge on any atom is -0.0990 e. The lowest BCUT2D eigenvalue weighted by Gasteiger charge is -2.20. The highest BCUT2D eigenvalue weighted by Crippen LogP contribution is 2.47. The Morgan fingerprint density at radius 2 is 0.736 bits per heavy atom. The maximum atomic E-state index is 4.08. The smallest absolute Gasteiger partial charge is 0.00262 e. The third kappa shape index (κ3) is 5.57. The highest BCUT2D eigenvalue weighted by molar-refractivity contribution is 6.23. The Morgan fingerprint density at radius 1 is 0.377 bits per heavy atom. The predicted molar refractivity (Wildman–Crippen MR) is 231 cm³/mol. The van der Waals surface area contributed by atoms with E-state index >= 15 is 0 Å². The first-order chi connectivity index (χ1) is 26.2. The number of benzene rings is 9. The van der Waals surface area contributed by atoms with Crippen molar-refractivity contribution in [2.45, 2.75) is 6.92 Å². The molecule has 0 radical (unpaired) electrons. The zero-order valence-electron chi connectivity index (χ0n) is 29.8. The molecule has 9 aromatic rings. The molecule has 0 heterocycles. The van der Waals surface area contributed by atoms with Crippen LogP contribution >= 0.6 is 0 Å². The van der Waals surface area contributed by atoms with Gasteiger partial charge in [0.2, 0.25) is 0 Å². The van der Waals surface area contributed by atoms with Crippen molar-refractivity contribution in [2.24, 2.45) is 0 Å². The molecule has 53 heavy (non-hydrogen) atoms. The fraction of sp³-hybridized carbons (Fsp3) is 0.0189. The van der Waals surface area contributed by atoms with Crippen molar-refractivity contribution in [3.8, 4) is 44.5 Å².